The average molecular weight is 264 g/mol. The lowest BCUT2D eigenvalue weighted by Crippen LogP contribution is -2.30. The molecule has 0 fully saturated rings. The zero-order valence-electron chi connectivity index (χ0n) is 11.4. The van der Waals surface area contributed by atoms with Crippen molar-refractivity contribution < 1.29 is 19.1 Å². The fraction of sp³-hybridized carbons (Fsp3) is 0.467. The van der Waals surface area contributed by atoms with Gasteiger partial charge in [0.15, 0.2) is 5.78 Å². The van der Waals surface area contributed by atoms with Crippen molar-refractivity contribution in [2.24, 2.45) is 5.92 Å². The molecule has 1 atom stereocenters. The fourth-order valence-electron chi connectivity index (χ4n) is 1.71. The van der Waals surface area contributed by atoms with Gasteiger partial charge in [-0.25, -0.2) is 0 Å². The van der Waals surface area contributed by atoms with E-state index in [0.717, 1.165) is 6.42 Å². The third-order valence-electron chi connectivity index (χ3n) is 2.66. The van der Waals surface area contributed by atoms with Gasteiger partial charge < -0.3 is 9.47 Å². The van der Waals surface area contributed by atoms with Crippen LogP contribution in [0.4, 0.5) is 0 Å². The molecule has 0 N–H and O–H groups in total. The molecule has 0 aromatic heterocycles. The molecule has 0 saturated carbocycles. The summed E-state index contributed by atoms with van der Waals surface area (Å²) < 4.78 is 10.3. The van der Waals surface area contributed by atoms with Gasteiger partial charge in [0.25, 0.3) is 0 Å². The number of benzene rings is 1. The van der Waals surface area contributed by atoms with Crippen LogP contribution in [-0.2, 0) is 14.3 Å². The van der Waals surface area contributed by atoms with Crippen molar-refractivity contribution in [3.63, 3.8) is 0 Å². The van der Waals surface area contributed by atoms with Crippen LogP contribution in [0.25, 0.3) is 0 Å². The number of carbonyl (C=O) groups excluding carboxylic acids is 2. The van der Waals surface area contributed by atoms with Gasteiger partial charge in [-0.3, -0.25) is 9.59 Å². The summed E-state index contributed by atoms with van der Waals surface area (Å²) in [6.45, 7) is 3.84. The second-order valence-electron chi connectivity index (χ2n) is 4.16. The highest BCUT2D eigenvalue weighted by atomic mass is 16.5. The molecule has 1 aromatic rings. The normalized spacial score (nSPS) is 11.7. The zero-order valence-corrected chi connectivity index (χ0v) is 11.4. The molecule has 1 rings (SSSR count). The third kappa shape index (κ3) is 5.12. The number of rotatable bonds is 8. The van der Waals surface area contributed by atoms with Gasteiger partial charge in [0.05, 0.1) is 6.61 Å². The Labute approximate surface area is 113 Å². The average Bonchev–Trinajstić information content (AvgIpc) is 2.43. The Morgan fingerprint density at radius 1 is 1.16 bits per heavy atom. The number of Topliss-reactive ketones (excluding diaryl/α,β-unsaturated/α-hetero) is 1. The van der Waals surface area contributed by atoms with Crippen LogP contribution in [0.1, 0.15) is 26.7 Å². The van der Waals surface area contributed by atoms with Crippen LogP contribution < -0.4 is 4.74 Å². The standard InChI is InChI=1S/C15H20O4/c1-3-8-13(15(17)18-4-2)14(16)11-19-12-9-6-5-7-10-12/h5-7,9-10,13H,3-4,8,11H2,1-2H3. The van der Waals surface area contributed by atoms with Crippen molar-refractivity contribution in [3.05, 3.63) is 30.3 Å². The van der Waals surface area contributed by atoms with Gasteiger partial charge in [-0.05, 0) is 25.5 Å². The van der Waals surface area contributed by atoms with Gasteiger partial charge in [0, 0.05) is 0 Å². The first kappa shape index (κ1) is 15.2. The SMILES string of the molecule is CCCC(C(=O)COc1ccccc1)C(=O)OCC. The monoisotopic (exact) mass is 264 g/mol. The molecule has 0 aliphatic carbocycles. The van der Waals surface area contributed by atoms with Gasteiger partial charge in [-0.2, -0.15) is 0 Å². The molecule has 0 spiro atoms. The molecule has 4 nitrogen and oxygen atoms in total. The number of hydrogen-bond acceptors (Lipinski definition) is 4. The summed E-state index contributed by atoms with van der Waals surface area (Å²) in [5.74, 6) is -0.779. The molecule has 0 aliphatic heterocycles. The third-order valence-corrected chi connectivity index (χ3v) is 2.66. The Balaban J connectivity index is 2.54. The Morgan fingerprint density at radius 2 is 1.84 bits per heavy atom. The van der Waals surface area contributed by atoms with E-state index < -0.39 is 11.9 Å². The van der Waals surface area contributed by atoms with Gasteiger partial charge in [-0.1, -0.05) is 31.5 Å². The predicted molar refractivity (Wildman–Crippen MR) is 72.0 cm³/mol. The summed E-state index contributed by atoms with van der Waals surface area (Å²) in [7, 11) is 0. The number of para-hydroxylation sites is 1. The number of ketones is 1. The first-order chi connectivity index (χ1) is 9.19. The summed E-state index contributed by atoms with van der Waals surface area (Å²) in [5, 5.41) is 0. The first-order valence-corrected chi connectivity index (χ1v) is 6.56. The van der Waals surface area contributed by atoms with Crippen LogP contribution in [0.15, 0.2) is 30.3 Å². The quantitative estimate of drug-likeness (QED) is 0.535. The van der Waals surface area contributed by atoms with Crippen molar-refractivity contribution in [2.75, 3.05) is 13.2 Å². The smallest absolute Gasteiger partial charge is 0.316 e. The maximum Gasteiger partial charge on any atom is 0.316 e. The number of hydrogen-bond donors (Lipinski definition) is 0. The van der Waals surface area contributed by atoms with Crippen molar-refractivity contribution in [3.8, 4) is 5.75 Å². The van der Waals surface area contributed by atoms with E-state index in [9.17, 15) is 9.59 Å². The van der Waals surface area contributed by atoms with Crippen molar-refractivity contribution in [1.82, 2.24) is 0 Å². The lowest BCUT2D eigenvalue weighted by atomic mass is 9.99. The summed E-state index contributed by atoms with van der Waals surface area (Å²) in [6.07, 6.45) is 1.25. The van der Waals surface area contributed by atoms with Crippen molar-refractivity contribution in [2.45, 2.75) is 26.7 Å². The van der Waals surface area contributed by atoms with E-state index in [2.05, 4.69) is 0 Å². The molecule has 19 heavy (non-hydrogen) atoms. The van der Waals surface area contributed by atoms with E-state index in [0.29, 0.717) is 12.2 Å². The second kappa shape index (κ2) is 8.29. The van der Waals surface area contributed by atoms with E-state index in [1.165, 1.54) is 0 Å². The molecule has 1 unspecified atom stereocenters. The highest BCUT2D eigenvalue weighted by Crippen LogP contribution is 2.13. The van der Waals surface area contributed by atoms with Crippen molar-refractivity contribution >= 4 is 11.8 Å². The van der Waals surface area contributed by atoms with Crippen molar-refractivity contribution in [1.29, 1.82) is 0 Å². The zero-order chi connectivity index (χ0) is 14.1. The Bertz CT molecular complexity index is 400. The molecule has 104 valence electrons. The maximum absolute atomic E-state index is 12.0. The van der Waals surface area contributed by atoms with Crippen LogP contribution in [-0.4, -0.2) is 25.0 Å². The van der Waals surface area contributed by atoms with E-state index in [1.54, 1.807) is 19.1 Å². The highest BCUT2D eigenvalue weighted by Gasteiger charge is 2.27. The fourth-order valence-corrected chi connectivity index (χ4v) is 1.71. The van der Waals surface area contributed by atoms with E-state index >= 15 is 0 Å². The van der Waals surface area contributed by atoms with Gasteiger partial charge in [0.2, 0.25) is 0 Å². The Hall–Kier alpha value is -1.84. The Kier molecular flexibility index (Phi) is 6.64. The minimum atomic E-state index is -0.714. The first-order valence-electron chi connectivity index (χ1n) is 6.56. The molecule has 4 heteroatoms. The molecule has 0 saturated heterocycles. The molecular weight excluding hydrogens is 244 g/mol. The predicted octanol–water partition coefficient (Wildman–Crippen LogP) is 2.61. The molecule has 0 aliphatic rings. The summed E-state index contributed by atoms with van der Waals surface area (Å²) in [6, 6.07) is 9.06. The van der Waals surface area contributed by atoms with E-state index in [-0.39, 0.29) is 19.0 Å². The lowest BCUT2D eigenvalue weighted by molar-refractivity contribution is -0.152. The molecule has 0 bridgehead atoms. The Morgan fingerprint density at radius 3 is 2.42 bits per heavy atom. The van der Waals surface area contributed by atoms with Gasteiger partial charge in [0.1, 0.15) is 18.3 Å². The number of carbonyl (C=O) groups is 2. The van der Waals surface area contributed by atoms with Crippen LogP contribution in [0, 0.1) is 5.92 Å². The van der Waals surface area contributed by atoms with Crippen LogP contribution in [0.2, 0.25) is 0 Å². The molecular formula is C15H20O4. The van der Waals surface area contributed by atoms with Crippen LogP contribution in [0.3, 0.4) is 0 Å². The number of esters is 1. The van der Waals surface area contributed by atoms with Gasteiger partial charge >= 0.3 is 5.97 Å². The van der Waals surface area contributed by atoms with Crippen LogP contribution in [0.5, 0.6) is 5.75 Å². The minimum Gasteiger partial charge on any atom is -0.486 e. The molecule has 0 radical (unpaired) electrons. The summed E-state index contributed by atoms with van der Waals surface area (Å²) in [5.41, 5.74) is 0. The van der Waals surface area contributed by atoms with E-state index in [4.69, 9.17) is 9.47 Å². The van der Waals surface area contributed by atoms with Crippen LogP contribution >= 0.6 is 0 Å². The highest BCUT2D eigenvalue weighted by molar-refractivity contribution is 5.99. The topological polar surface area (TPSA) is 52.6 Å². The minimum absolute atomic E-state index is 0.104. The molecule has 1 aromatic carbocycles. The lowest BCUT2D eigenvalue weighted by Gasteiger charge is -2.14. The number of ether oxygens (including phenoxy) is 2. The maximum atomic E-state index is 12.0. The van der Waals surface area contributed by atoms with E-state index in [1.807, 2.05) is 25.1 Å². The molecule has 0 heterocycles. The summed E-state index contributed by atoms with van der Waals surface area (Å²) in [4.78, 5) is 23.7. The van der Waals surface area contributed by atoms with Gasteiger partial charge in [-0.15, -0.1) is 0 Å². The molecule has 0 amide bonds. The largest absolute Gasteiger partial charge is 0.486 e. The second-order valence-corrected chi connectivity index (χ2v) is 4.16. The summed E-state index contributed by atoms with van der Waals surface area (Å²) >= 11 is 0.